The molecular weight excluding hydrogens is 224 g/mol. The van der Waals surface area contributed by atoms with Crippen molar-refractivity contribution in [1.29, 1.82) is 0 Å². The van der Waals surface area contributed by atoms with Gasteiger partial charge in [-0.3, -0.25) is 4.79 Å². The molecule has 1 N–H and O–H groups in total. The van der Waals surface area contributed by atoms with Crippen molar-refractivity contribution in [3.05, 3.63) is 11.6 Å². The molecule has 0 bridgehead atoms. The highest BCUT2D eigenvalue weighted by molar-refractivity contribution is 5.91. The van der Waals surface area contributed by atoms with Crippen LogP contribution in [0.2, 0.25) is 0 Å². The van der Waals surface area contributed by atoms with Gasteiger partial charge in [0.25, 0.3) is 0 Å². The van der Waals surface area contributed by atoms with E-state index in [9.17, 15) is 9.90 Å². The summed E-state index contributed by atoms with van der Waals surface area (Å²) in [5.41, 5.74) is 1.49. The number of rotatable bonds is 1. The second kappa shape index (κ2) is 4.19. The number of hydrogen-bond donors (Lipinski definition) is 1. The third kappa shape index (κ3) is 1.61. The van der Waals surface area contributed by atoms with E-state index < -0.39 is 0 Å². The van der Waals surface area contributed by atoms with Gasteiger partial charge in [0.2, 0.25) is 0 Å². The number of aliphatic hydroxyl groups is 1. The lowest BCUT2D eigenvalue weighted by atomic mass is 9.59. The second-order valence-electron chi connectivity index (χ2n) is 6.79. The van der Waals surface area contributed by atoms with E-state index in [-0.39, 0.29) is 11.5 Å². The van der Waals surface area contributed by atoms with Gasteiger partial charge in [-0.15, -0.1) is 0 Å². The van der Waals surface area contributed by atoms with Gasteiger partial charge in [0, 0.05) is 6.42 Å². The van der Waals surface area contributed by atoms with Gasteiger partial charge < -0.3 is 5.11 Å². The van der Waals surface area contributed by atoms with Crippen LogP contribution in [0.1, 0.15) is 52.4 Å². The average molecular weight is 248 g/mol. The lowest BCUT2D eigenvalue weighted by Crippen LogP contribution is -2.42. The molecule has 2 saturated carbocycles. The molecule has 2 fully saturated rings. The fourth-order valence-corrected chi connectivity index (χ4v) is 4.83. The predicted octanol–water partition coefficient (Wildman–Crippen LogP) is 3.10. The number of fused-ring (bicyclic) bond motifs is 3. The van der Waals surface area contributed by atoms with E-state index in [1.807, 2.05) is 6.08 Å². The lowest BCUT2D eigenvalue weighted by molar-refractivity contribution is -0.115. The molecule has 5 atom stereocenters. The van der Waals surface area contributed by atoms with Crippen LogP contribution in [0, 0.1) is 23.2 Å². The van der Waals surface area contributed by atoms with E-state index >= 15 is 0 Å². The number of allylic oxidation sites excluding steroid dienone is 2. The van der Waals surface area contributed by atoms with Gasteiger partial charge in [-0.25, -0.2) is 0 Å². The molecule has 3 aliphatic rings. The number of aliphatic hydroxyl groups excluding tert-OH is 1. The monoisotopic (exact) mass is 248 g/mol. The largest absolute Gasteiger partial charge is 0.392 e. The minimum absolute atomic E-state index is 0.100. The Morgan fingerprint density at radius 2 is 2.22 bits per heavy atom. The molecule has 0 aliphatic heterocycles. The number of carbonyl (C=O) groups is 1. The molecule has 18 heavy (non-hydrogen) atoms. The number of carbonyl (C=O) groups excluding carboxylic acids is 1. The molecule has 0 aromatic rings. The molecule has 3 rings (SSSR count). The van der Waals surface area contributed by atoms with Gasteiger partial charge in [0.1, 0.15) is 0 Å². The highest BCUT2D eigenvalue weighted by Crippen LogP contribution is 2.59. The highest BCUT2D eigenvalue weighted by Gasteiger charge is 2.55. The fourth-order valence-electron chi connectivity index (χ4n) is 4.83. The van der Waals surface area contributed by atoms with E-state index in [1.54, 1.807) is 0 Å². The zero-order valence-electron chi connectivity index (χ0n) is 11.5. The predicted molar refractivity (Wildman–Crippen MR) is 71.0 cm³/mol. The van der Waals surface area contributed by atoms with Crippen LogP contribution in [0.25, 0.3) is 0 Å². The van der Waals surface area contributed by atoms with E-state index in [0.29, 0.717) is 30.0 Å². The first-order valence-corrected chi connectivity index (χ1v) is 7.47. The first-order chi connectivity index (χ1) is 8.56. The summed E-state index contributed by atoms with van der Waals surface area (Å²) < 4.78 is 0. The van der Waals surface area contributed by atoms with Crippen LogP contribution in [0.3, 0.4) is 0 Å². The van der Waals surface area contributed by atoms with E-state index in [1.165, 1.54) is 5.57 Å². The summed E-state index contributed by atoms with van der Waals surface area (Å²) in [4.78, 5) is 11.5. The molecule has 2 heteroatoms. The topological polar surface area (TPSA) is 37.3 Å². The summed E-state index contributed by atoms with van der Waals surface area (Å²) in [6, 6.07) is 0. The van der Waals surface area contributed by atoms with Crippen molar-refractivity contribution < 1.29 is 9.90 Å². The van der Waals surface area contributed by atoms with Crippen LogP contribution in [-0.2, 0) is 4.79 Å². The quantitative estimate of drug-likeness (QED) is 0.774. The van der Waals surface area contributed by atoms with E-state index in [4.69, 9.17) is 0 Å². The molecule has 0 spiro atoms. The van der Waals surface area contributed by atoms with Gasteiger partial charge in [-0.2, -0.15) is 0 Å². The molecule has 2 nitrogen and oxygen atoms in total. The van der Waals surface area contributed by atoms with Gasteiger partial charge >= 0.3 is 0 Å². The lowest BCUT2D eigenvalue weighted by Gasteiger charge is -2.46. The maximum atomic E-state index is 11.5. The molecule has 4 unspecified atom stereocenters. The Bertz CT molecular complexity index is 398. The summed E-state index contributed by atoms with van der Waals surface area (Å²) in [6.45, 7) is 4.47. The maximum absolute atomic E-state index is 11.5. The summed E-state index contributed by atoms with van der Waals surface area (Å²) in [7, 11) is 0. The smallest absolute Gasteiger partial charge is 0.155 e. The van der Waals surface area contributed by atoms with Crippen molar-refractivity contribution >= 4 is 5.78 Å². The van der Waals surface area contributed by atoms with Crippen molar-refractivity contribution in [2.45, 2.75) is 58.5 Å². The fraction of sp³-hybridized carbons (Fsp3) is 0.812. The Balaban J connectivity index is 1.92. The molecule has 0 aromatic heterocycles. The van der Waals surface area contributed by atoms with Crippen LogP contribution >= 0.6 is 0 Å². The Hall–Kier alpha value is -0.630. The molecule has 100 valence electrons. The molecule has 0 radical (unpaired) electrons. The normalized spacial score (nSPS) is 47.5. The van der Waals surface area contributed by atoms with Crippen molar-refractivity contribution in [1.82, 2.24) is 0 Å². The summed E-state index contributed by atoms with van der Waals surface area (Å²) >= 11 is 0. The van der Waals surface area contributed by atoms with Crippen LogP contribution in [0.15, 0.2) is 11.6 Å². The standard InChI is InChI=1S/C16H24O2/c1-3-10-9-14-13-5-4-12(17)8-11(13)6-7-16(14,2)15(10)18/h8,10,13-15,18H,3-7,9H2,1-2H3/t10-,13?,14?,15?,16?/m0/s1. The zero-order valence-corrected chi connectivity index (χ0v) is 11.5. The number of hydrogen-bond acceptors (Lipinski definition) is 2. The molecule has 0 aromatic carbocycles. The van der Waals surface area contributed by atoms with E-state index in [0.717, 1.165) is 32.1 Å². The Morgan fingerprint density at radius 1 is 1.44 bits per heavy atom. The van der Waals surface area contributed by atoms with E-state index in [2.05, 4.69) is 13.8 Å². The summed E-state index contributed by atoms with van der Waals surface area (Å²) in [5.74, 6) is 1.96. The molecule has 3 aliphatic carbocycles. The average Bonchev–Trinajstić information content (AvgIpc) is 2.62. The van der Waals surface area contributed by atoms with Gasteiger partial charge in [-0.05, 0) is 54.9 Å². The van der Waals surface area contributed by atoms with Crippen molar-refractivity contribution in [2.75, 3.05) is 0 Å². The van der Waals surface area contributed by atoms with Gasteiger partial charge in [0.15, 0.2) is 5.78 Å². The molecular formula is C16H24O2. The van der Waals surface area contributed by atoms with Gasteiger partial charge in [0.05, 0.1) is 6.10 Å². The minimum atomic E-state index is -0.133. The molecule has 0 amide bonds. The number of ketones is 1. The van der Waals surface area contributed by atoms with Gasteiger partial charge in [-0.1, -0.05) is 25.8 Å². The minimum Gasteiger partial charge on any atom is -0.392 e. The second-order valence-corrected chi connectivity index (χ2v) is 6.79. The maximum Gasteiger partial charge on any atom is 0.155 e. The van der Waals surface area contributed by atoms with Crippen LogP contribution in [-0.4, -0.2) is 17.0 Å². The Morgan fingerprint density at radius 3 is 2.94 bits per heavy atom. The third-order valence-electron chi connectivity index (χ3n) is 6.01. The van der Waals surface area contributed by atoms with Crippen molar-refractivity contribution in [2.24, 2.45) is 23.2 Å². The zero-order chi connectivity index (χ0) is 12.9. The van der Waals surface area contributed by atoms with Crippen LogP contribution in [0.5, 0.6) is 0 Å². The van der Waals surface area contributed by atoms with Crippen LogP contribution in [0.4, 0.5) is 0 Å². The first-order valence-electron chi connectivity index (χ1n) is 7.47. The summed E-state index contributed by atoms with van der Waals surface area (Å²) in [6.07, 6.45) is 7.84. The SMILES string of the molecule is CC[C@H]1CC2C3CCC(=O)C=C3CCC2(C)C1O. The van der Waals surface area contributed by atoms with Crippen LogP contribution < -0.4 is 0 Å². The Kier molecular flexibility index (Phi) is 2.89. The highest BCUT2D eigenvalue weighted by atomic mass is 16.3. The third-order valence-corrected chi connectivity index (χ3v) is 6.01. The first kappa shape index (κ1) is 12.4. The molecule has 0 saturated heterocycles. The Labute approximate surface area is 109 Å². The van der Waals surface area contributed by atoms with Crippen molar-refractivity contribution in [3.63, 3.8) is 0 Å². The van der Waals surface area contributed by atoms with Crippen molar-refractivity contribution in [3.8, 4) is 0 Å². The summed E-state index contributed by atoms with van der Waals surface area (Å²) in [5, 5.41) is 10.6. The molecule has 0 heterocycles.